The van der Waals surface area contributed by atoms with Crippen molar-refractivity contribution >= 4 is 22.8 Å². The fraction of sp³-hybridized carbons (Fsp3) is 0.394. The van der Waals surface area contributed by atoms with Crippen molar-refractivity contribution in [2.45, 2.75) is 57.1 Å². The highest BCUT2D eigenvalue weighted by molar-refractivity contribution is 5.94. The van der Waals surface area contributed by atoms with Crippen molar-refractivity contribution in [2.75, 3.05) is 31.7 Å². The van der Waals surface area contributed by atoms with Crippen LogP contribution in [0.4, 0.5) is 14.6 Å². The Balaban J connectivity index is 1.08. The van der Waals surface area contributed by atoms with Gasteiger partial charge in [0.15, 0.2) is 0 Å². The number of hydrogen-bond donors (Lipinski definition) is 0. The Hall–Kier alpha value is -4.60. The summed E-state index contributed by atoms with van der Waals surface area (Å²) in [5, 5.41) is 8.98. The van der Waals surface area contributed by atoms with Crippen LogP contribution < -0.4 is 9.64 Å². The highest BCUT2D eigenvalue weighted by Crippen LogP contribution is 2.37. The highest BCUT2D eigenvalue weighted by Gasteiger charge is 2.44. The summed E-state index contributed by atoms with van der Waals surface area (Å²) >= 11 is 0. The molecule has 2 unspecified atom stereocenters. The number of benzene rings is 2. The number of halogens is 2. The van der Waals surface area contributed by atoms with Crippen LogP contribution in [-0.4, -0.2) is 70.4 Å². The van der Waals surface area contributed by atoms with Gasteiger partial charge >= 0.3 is 5.97 Å². The second-order valence-electron chi connectivity index (χ2n) is 11.6. The number of fused-ring (bicyclic) bond motifs is 2. The standard InChI is InChI=1S/C33H32F2N6O4/c1-43-33(42)23-14-29-26(15-25(23)35)37-31(41(29)17-22-9-12-44-22)18-39-10-11-40(28-8-7-27(28)39)30-3-2-4-32(38-30)45-19-21-6-5-20(16-36)13-24(21)34/h2-6,13-15,22,27-28H,7-12,17-19H2,1H3/t22-,27?,28?/m0/s1. The molecule has 2 aromatic heterocycles. The SMILES string of the molecule is COC(=O)c1cc2c(cc1F)nc(CN1CCN(c3cccc(OCc4ccc(C#N)cc4F)n3)C3CCC31)n2C[C@@H]1CCO1. The van der Waals surface area contributed by atoms with Gasteiger partial charge in [0.2, 0.25) is 5.88 Å². The highest BCUT2D eigenvalue weighted by atomic mass is 19.1. The maximum atomic E-state index is 14.8. The number of piperazine rings is 1. The zero-order valence-corrected chi connectivity index (χ0v) is 24.8. The average Bonchev–Trinajstić information content (AvgIpc) is 3.33. The molecule has 0 amide bonds. The number of hydrogen-bond acceptors (Lipinski definition) is 9. The molecule has 2 aliphatic heterocycles. The van der Waals surface area contributed by atoms with Crippen LogP contribution in [0.15, 0.2) is 48.5 Å². The Morgan fingerprint density at radius 1 is 1.07 bits per heavy atom. The van der Waals surface area contributed by atoms with Gasteiger partial charge in [0, 0.05) is 49.5 Å². The molecule has 3 aliphatic rings. The van der Waals surface area contributed by atoms with Crippen LogP contribution >= 0.6 is 0 Å². The largest absolute Gasteiger partial charge is 0.473 e. The summed E-state index contributed by atoms with van der Waals surface area (Å²) < 4.78 is 47.6. The Bertz CT molecular complexity index is 1800. The van der Waals surface area contributed by atoms with Gasteiger partial charge in [0.1, 0.15) is 29.9 Å². The van der Waals surface area contributed by atoms with Crippen LogP contribution in [0.25, 0.3) is 11.0 Å². The molecule has 12 heteroatoms. The van der Waals surface area contributed by atoms with Crippen molar-refractivity contribution in [3.8, 4) is 11.9 Å². The van der Waals surface area contributed by atoms with Crippen LogP contribution in [-0.2, 0) is 29.2 Å². The summed E-state index contributed by atoms with van der Waals surface area (Å²) in [5.74, 6) is 0.161. The van der Waals surface area contributed by atoms with Crippen LogP contribution in [0.3, 0.4) is 0 Å². The molecule has 45 heavy (non-hydrogen) atoms. The van der Waals surface area contributed by atoms with Crippen LogP contribution in [0.2, 0.25) is 0 Å². The molecule has 3 fully saturated rings. The van der Waals surface area contributed by atoms with E-state index in [1.807, 2.05) is 18.2 Å². The van der Waals surface area contributed by atoms with Gasteiger partial charge < -0.3 is 23.7 Å². The molecule has 0 N–H and O–H groups in total. The normalized spacial score (nSPS) is 21.0. The third-order valence-corrected chi connectivity index (χ3v) is 9.11. The first-order chi connectivity index (χ1) is 21.9. The summed E-state index contributed by atoms with van der Waals surface area (Å²) in [6.45, 7) is 3.40. The van der Waals surface area contributed by atoms with E-state index in [-0.39, 0.29) is 35.9 Å². The maximum absolute atomic E-state index is 14.8. The molecular formula is C33H32F2N6O4. The first-order valence-corrected chi connectivity index (χ1v) is 15.1. The summed E-state index contributed by atoms with van der Waals surface area (Å²) in [5.41, 5.74) is 1.69. The quantitative estimate of drug-likeness (QED) is 0.250. The lowest BCUT2D eigenvalue weighted by atomic mass is 9.81. The van der Waals surface area contributed by atoms with Crippen LogP contribution in [0.5, 0.6) is 5.88 Å². The number of esters is 1. The van der Waals surface area contributed by atoms with Crippen molar-refractivity contribution in [1.82, 2.24) is 19.4 Å². The molecule has 1 saturated carbocycles. The van der Waals surface area contributed by atoms with Gasteiger partial charge in [-0.2, -0.15) is 10.2 Å². The number of pyridine rings is 1. The lowest BCUT2D eigenvalue weighted by Gasteiger charge is -2.54. The van der Waals surface area contributed by atoms with Gasteiger partial charge in [-0.25, -0.2) is 18.6 Å². The van der Waals surface area contributed by atoms with Crippen molar-refractivity contribution < 1.29 is 27.8 Å². The zero-order chi connectivity index (χ0) is 31.1. The molecule has 4 aromatic rings. The molecule has 10 nitrogen and oxygen atoms in total. The van der Waals surface area contributed by atoms with E-state index in [0.29, 0.717) is 42.2 Å². The lowest BCUT2D eigenvalue weighted by molar-refractivity contribution is -0.0594. The lowest BCUT2D eigenvalue weighted by Crippen LogP contribution is -2.64. The Labute approximate surface area is 258 Å². The van der Waals surface area contributed by atoms with E-state index in [9.17, 15) is 13.6 Å². The fourth-order valence-corrected chi connectivity index (χ4v) is 6.43. The monoisotopic (exact) mass is 614 g/mol. The molecule has 2 aromatic carbocycles. The smallest absolute Gasteiger partial charge is 0.340 e. The first kappa shape index (κ1) is 29.1. The van der Waals surface area contributed by atoms with Gasteiger partial charge in [0.25, 0.3) is 0 Å². The zero-order valence-electron chi connectivity index (χ0n) is 24.8. The summed E-state index contributed by atoms with van der Waals surface area (Å²) in [6, 6.07) is 15.2. The van der Waals surface area contributed by atoms with E-state index in [2.05, 4.69) is 14.4 Å². The fourth-order valence-electron chi connectivity index (χ4n) is 6.43. The number of imidazole rings is 1. The van der Waals surface area contributed by atoms with Crippen molar-refractivity contribution in [3.05, 3.63) is 82.7 Å². The Kier molecular flexibility index (Phi) is 7.81. The molecule has 0 bridgehead atoms. The Morgan fingerprint density at radius 2 is 1.91 bits per heavy atom. The van der Waals surface area contributed by atoms with Gasteiger partial charge in [-0.05, 0) is 43.5 Å². The topological polar surface area (TPSA) is 106 Å². The van der Waals surface area contributed by atoms with Crippen molar-refractivity contribution in [3.63, 3.8) is 0 Å². The van der Waals surface area contributed by atoms with E-state index < -0.39 is 17.6 Å². The summed E-state index contributed by atoms with van der Waals surface area (Å²) in [4.78, 5) is 26.5. The first-order valence-electron chi connectivity index (χ1n) is 15.1. The van der Waals surface area contributed by atoms with Gasteiger partial charge in [0.05, 0.1) is 54.5 Å². The van der Waals surface area contributed by atoms with Crippen molar-refractivity contribution in [1.29, 1.82) is 5.26 Å². The number of aromatic nitrogens is 3. The van der Waals surface area contributed by atoms with E-state index in [4.69, 9.17) is 29.4 Å². The van der Waals surface area contributed by atoms with Crippen LogP contribution in [0, 0.1) is 23.0 Å². The third-order valence-electron chi connectivity index (χ3n) is 9.11. The minimum atomic E-state index is -0.721. The third kappa shape index (κ3) is 5.58. The van der Waals surface area contributed by atoms with Gasteiger partial charge in [-0.3, -0.25) is 4.90 Å². The van der Waals surface area contributed by atoms with E-state index >= 15 is 0 Å². The second-order valence-corrected chi connectivity index (χ2v) is 11.6. The minimum absolute atomic E-state index is 0.00570. The molecule has 2 saturated heterocycles. The molecule has 7 rings (SSSR count). The number of carbonyl (C=O) groups excluding carboxylic acids is 1. The number of rotatable bonds is 9. The van der Waals surface area contributed by atoms with Crippen LogP contribution in [0.1, 0.15) is 46.6 Å². The predicted octanol–water partition coefficient (Wildman–Crippen LogP) is 4.59. The number of methoxy groups -OCH3 is 1. The average molecular weight is 615 g/mol. The summed E-state index contributed by atoms with van der Waals surface area (Å²) in [7, 11) is 1.24. The number of anilines is 1. The molecule has 232 valence electrons. The number of nitriles is 1. The molecule has 0 radical (unpaired) electrons. The van der Waals surface area contributed by atoms with Gasteiger partial charge in [-0.1, -0.05) is 12.1 Å². The number of nitrogens with zero attached hydrogens (tertiary/aromatic N) is 6. The second kappa shape index (κ2) is 12.1. The predicted molar refractivity (Wildman–Crippen MR) is 160 cm³/mol. The minimum Gasteiger partial charge on any atom is -0.473 e. The maximum Gasteiger partial charge on any atom is 0.340 e. The number of carbonyl (C=O) groups is 1. The summed E-state index contributed by atoms with van der Waals surface area (Å²) in [6.07, 6.45) is 3.04. The van der Waals surface area contributed by atoms with Crippen molar-refractivity contribution in [2.24, 2.45) is 0 Å². The van der Waals surface area contributed by atoms with E-state index in [1.165, 1.54) is 25.3 Å². The van der Waals surface area contributed by atoms with E-state index in [1.54, 1.807) is 18.2 Å². The molecular weight excluding hydrogens is 582 g/mol. The van der Waals surface area contributed by atoms with E-state index in [0.717, 1.165) is 44.0 Å². The molecule has 4 heterocycles. The molecule has 1 aliphatic carbocycles. The number of ether oxygens (including phenoxy) is 3. The molecule has 3 atom stereocenters. The Morgan fingerprint density at radius 3 is 2.62 bits per heavy atom. The van der Waals surface area contributed by atoms with Gasteiger partial charge in [-0.15, -0.1) is 0 Å². The molecule has 0 spiro atoms.